The van der Waals surface area contributed by atoms with Crippen LogP contribution in [0.5, 0.6) is 0 Å². The van der Waals surface area contributed by atoms with Crippen LogP contribution in [0, 0.1) is 0 Å². The van der Waals surface area contributed by atoms with E-state index < -0.39 is 0 Å². The zero-order chi connectivity index (χ0) is 29.0. The van der Waals surface area contributed by atoms with Gasteiger partial charge in [0.2, 0.25) is 0 Å². The topological polar surface area (TPSA) is 51.8 Å². The number of benzene rings is 6. The molecule has 0 amide bonds. The molecule has 5 heteroatoms. The predicted molar refractivity (Wildman–Crippen MR) is 181 cm³/mol. The van der Waals surface area contributed by atoms with Gasteiger partial charge in [0.1, 0.15) is 0 Å². The number of rotatable bonds is 4. The molecule has 3 heterocycles. The summed E-state index contributed by atoms with van der Waals surface area (Å²) in [6, 6.07) is 48.1. The monoisotopic (exact) mass is 629 g/mol. The maximum absolute atomic E-state index is 6.30. The van der Waals surface area contributed by atoms with E-state index in [4.69, 9.17) is 19.4 Å². The maximum atomic E-state index is 6.30. The van der Waals surface area contributed by atoms with E-state index in [0.717, 1.165) is 55.5 Å². The molecule has 206 valence electrons. The number of hydrogen-bond donors (Lipinski definition) is 0. The standard InChI is InChI=1S/C39H23N3OSe/c1-4-12-24(13-5-1)31-23-32(25-14-6-2-7-15-25)41-38(40-31)29-22-30-35-34(44-37(30)28-19-11-10-18-27(28)29)21-20-33-36(35)42-39(43-33)26-16-8-3-9-17-26/h1-23H. The number of aromatic nitrogens is 3. The van der Waals surface area contributed by atoms with Gasteiger partial charge in [0.25, 0.3) is 0 Å². The SMILES string of the molecule is c1ccc(-c2cc(-c3ccccc3)nc(-c3cc4c([se]c5ccc6oc(-c7ccccc7)nc6c54)c4ccccc34)n2)cc1. The molecule has 0 aliphatic rings. The van der Waals surface area contributed by atoms with Gasteiger partial charge in [-0.1, -0.05) is 0 Å². The number of fused-ring (bicyclic) bond motifs is 7. The zero-order valence-corrected chi connectivity index (χ0v) is 25.2. The first-order chi connectivity index (χ1) is 21.8. The normalized spacial score (nSPS) is 11.6. The Morgan fingerprint density at radius 1 is 0.500 bits per heavy atom. The molecule has 6 aromatic carbocycles. The van der Waals surface area contributed by atoms with Crippen molar-refractivity contribution in [3.63, 3.8) is 0 Å². The third kappa shape index (κ3) is 4.10. The molecular weight excluding hydrogens is 605 g/mol. The van der Waals surface area contributed by atoms with E-state index in [2.05, 4.69) is 97.1 Å². The van der Waals surface area contributed by atoms with Crippen molar-refractivity contribution in [2.24, 2.45) is 0 Å². The molecule has 0 saturated carbocycles. The van der Waals surface area contributed by atoms with Gasteiger partial charge < -0.3 is 0 Å². The quantitative estimate of drug-likeness (QED) is 0.182. The van der Waals surface area contributed by atoms with Gasteiger partial charge in [-0.05, 0) is 0 Å². The molecule has 0 aliphatic carbocycles. The first-order valence-corrected chi connectivity index (χ1v) is 16.2. The van der Waals surface area contributed by atoms with E-state index in [1.165, 1.54) is 19.3 Å². The minimum absolute atomic E-state index is 0.130. The molecule has 9 rings (SSSR count). The molecule has 0 unspecified atom stereocenters. The number of oxazole rings is 1. The molecule has 9 aromatic rings. The van der Waals surface area contributed by atoms with Crippen LogP contribution in [0.4, 0.5) is 0 Å². The minimum atomic E-state index is 0.130. The van der Waals surface area contributed by atoms with Crippen LogP contribution in [0.2, 0.25) is 0 Å². The molecule has 0 N–H and O–H groups in total. The first-order valence-electron chi connectivity index (χ1n) is 14.5. The van der Waals surface area contributed by atoms with Crippen molar-refractivity contribution in [3.05, 3.63) is 140 Å². The molecule has 4 nitrogen and oxygen atoms in total. The second-order valence-corrected chi connectivity index (χ2v) is 13.0. The van der Waals surface area contributed by atoms with Crippen LogP contribution in [-0.2, 0) is 0 Å². The van der Waals surface area contributed by atoms with Gasteiger partial charge in [0, 0.05) is 0 Å². The van der Waals surface area contributed by atoms with Crippen LogP contribution in [0.1, 0.15) is 0 Å². The summed E-state index contributed by atoms with van der Waals surface area (Å²) >= 11 is 0.130. The Balaban J connectivity index is 1.35. The molecule has 0 radical (unpaired) electrons. The third-order valence-corrected chi connectivity index (χ3v) is 10.7. The van der Waals surface area contributed by atoms with Crippen LogP contribution >= 0.6 is 0 Å². The summed E-state index contributed by atoms with van der Waals surface area (Å²) in [7, 11) is 0. The Morgan fingerprint density at radius 2 is 1.09 bits per heavy atom. The van der Waals surface area contributed by atoms with Crippen molar-refractivity contribution in [3.8, 4) is 45.4 Å². The average Bonchev–Trinajstić information content (AvgIpc) is 3.71. The van der Waals surface area contributed by atoms with Crippen molar-refractivity contribution in [2.45, 2.75) is 0 Å². The van der Waals surface area contributed by atoms with E-state index >= 15 is 0 Å². The van der Waals surface area contributed by atoms with Gasteiger partial charge in [0.15, 0.2) is 0 Å². The summed E-state index contributed by atoms with van der Waals surface area (Å²) in [6.07, 6.45) is 0. The van der Waals surface area contributed by atoms with E-state index in [9.17, 15) is 0 Å². The molecule has 0 saturated heterocycles. The summed E-state index contributed by atoms with van der Waals surface area (Å²) < 4.78 is 8.98. The van der Waals surface area contributed by atoms with Gasteiger partial charge in [-0.15, -0.1) is 0 Å². The van der Waals surface area contributed by atoms with E-state index in [-0.39, 0.29) is 14.5 Å². The number of hydrogen-bond acceptors (Lipinski definition) is 4. The molecular formula is C39H23N3OSe. The summed E-state index contributed by atoms with van der Waals surface area (Å²) in [5.41, 5.74) is 7.61. The first kappa shape index (κ1) is 25.2. The van der Waals surface area contributed by atoms with Gasteiger partial charge in [-0.25, -0.2) is 0 Å². The second kappa shape index (κ2) is 10.1. The average molecular weight is 629 g/mol. The molecule has 0 spiro atoms. The summed E-state index contributed by atoms with van der Waals surface area (Å²) in [4.78, 5) is 15.4. The Labute approximate surface area is 259 Å². The van der Waals surface area contributed by atoms with Crippen LogP contribution in [-0.4, -0.2) is 29.5 Å². The summed E-state index contributed by atoms with van der Waals surface area (Å²) in [5, 5.41) is 4.76. The zero-order valence-electron chi connectivity index (χ0n) is 23.4. The van der Waals surface area contributed by atoms with Gasteiger partial charge >= 0.3 is 260 Å². The molecule has 0 aliphatic heterocycles. The fraction of sp³-hybridized carbons (Fsp3) is 0. The van der Waals surface area contributed by atoms with E-state index in [0.29, 0.717) is 11.7 Å². The van der Waals surface area contributed by atoms with Crippen molar-refractivity contribution in [1.29, 1.82) is 0 Å². The van der Waals surface area contributed by atoms with Crippen LogP contribution < -0.4 is 0 Å². The Bertz CT molecular complexity index is 2430. The van der Waals surface area contributed by atoms with Crippen LogP contribution in [0.15, 0.2) is 144 Å². The van der Waals surface area contributed by atoms with Crippen molar-refractivity contribution in [1.82, 2.24) is 15.0 Å². The molecule has 3 aromatic heterocycles. The Morgan fingerprint density at radius 3 is 1.75 bits per heavy atom. The van der Waals surface area contributed by atoms with Crippen molar-refractivity contribution >= 4 is 55.7 Å². The van der Waals surface area contributed by atoms with Crippen LogP contribution in [0.25, 0.3) is 86.5 Å². The van der Waals surface area contributed by atoms with Gasteiger partial charge in [0.05, 0.1) is 0 Å². The molecule has 0 atom stereocenters. The van der Waals surface area contributed by atoms with E-state index in [1.54, 1.807) is 0 Å². The van der Waals surface area contributed by atoms with E-state index in [1.807, 2.05) is 42.5 Å². The Hall–Kier alpha value is -5.35. The third-order valence-electron chi connectivity index (χ3n) is 8.13. The van der Waals surface area contributed by atoms with Crippen molar-refractivity contribution in [2.75, 3.05) is 0 Å². The summed E-state index contributed by atoms with van der Waals surface area (Å²) in [6.45, 7) is 0. The Kier molecular flexibility index (Phi) is 5.80. The number of nitrogens with zero attached hydrogens (tertiary/aromatic N) is 3. The fourth-order valence-corrected chi connectivity index (χ4v) is 8.61. The molecule has 0 bridgehead atoms. The molecule has 44 heavy (non-hydrogen) atoms. The van der Waals surface area contributed by atoms with Gasteiger partial charge in [-0.2, -0.15) is 0 Å². The van der Waals surface area contributed by atoms with Crippen LogP contribution in [0.3, 0.4) is 0 Å². The molecule has 0 fully saturated rings. The second-order valence-electron chi connectivity index (χ2n) is 10.8. The van der Waals surface area contributed by atoms with Gasteiger partial charge in [-0.3, -0.25) is 0 Å². The fourth-order valence-electron chi connectivity index (χ4n) is 6.05. The predicted octanol–water partition coefficient (Wildman–Crippen LogP) is 9.80. The van der Waals surface area contributed by atoms with Crippen molar-refractivity contribution < 1.29 is 4.42 Å². The summed E-state index contributed by atoms with van der Waals surface area (Å²) in [5.74, 6) is 1.35.